The summed E-state index contributed by atoms with van der Waals surface area (Å²) >= 11 is 0. The highest BCUT2D eigenvalue weighted by Crippen LogP contribution is 2.13. The fraction of sp³-hybridized carbons (Fsp3) is 0.533. The molecular weight excluding hydrogens is 238 g/mol. The van der Waals surface area contributed by atoms with Crippen molar-refractivity contribution < 1.29 is 4.74 Å². The predicted molar refractivity (Wildman–Crippen MR) is 80.7 cm³/mol. The lowest BCUT2D eigenvalue weighted by Crippen LogP contribution is -2.38. The number of nitrogens with zero attached hydrogens (tertiary/aromatic N) is 2. The summed E-state index contributed by atoms with van der Waals surface area (Å²) in [6, 6.07) is 8.21. The maximum atomic E-state index is 5.44. The Morgan fingerprint density at radius 1 is 1.21 bits per heavy atom. The Labute approximate surface area is 116 Å². The topological polar surface area (TPSA) is 36.9 Å². The molecule has 0 saturated carbocycles. The quantitative estimate of drug-likeness (QED) is 0.633. The number of nitrogens with one attached hydrogen (secondary N) is 1. The average Bonchev–Trinajstić information content (AvgIpc) is 2.41. The molecule has 0 radical (unpaired) electrons. The first-order valence-corrected chi connectivity index (χ1v) is 6.92. The zero-order chi connectivity index (χ0) is 14.1. The zero-order valence-electron chi connectivity index (χ0n) is 12.4. The third-order valence-corrected chi connectivity index (χ3v) is 2.66. The van der Waals surface area contributed by atoms with Gasteiger partial charge in [0.1, 0.15) is 5.75 Å². The first-order valence-electron chi connectivity index (χ1n) is 6.92. The Hall–Kier alpha value is -1.71. The third-order valence-electron chi connectivity index (χ3n) is 2.66. The van der Waals surface area contributed by atoms with Crippen LogP contribution in [0.4, 0.5) is 0 Å². The van der Waals surface area contributed by atoms with E-state index in [1.807, 2.05) is 33.0 Å². The van der Waals surface area contributed by atoms with Crippen LogP contribution < -0.4 is 10.1 Å². The number of aliphatic imine (C=N–C) groups is 1. The van der Waals surface area contributed by atoms with Crippen molar-refractivity contribution in [2.24, 2.45) is 4.99 Å². The Kier molecular flexibility index (Phi) is 6.79. The van der Waals surface area contributed by atoms with Crippen molar-refractivity contribution in [2.75, 3.05) is 26.7 Å². The Bertz CT molecular complexity index is 387. The van der Waals surface area contributed by atoms with Gasteiger partial charge < -0.3 is 15.0 Å². The molecule has 0 fully saturated rings. The van der Waals surface area contributed by atoms with Gasteiger partial charge in [0.25, 0.3) is 0 Å². The molecule has 0 atom stereocenters. The Morgan fingerprint density at radius 2 is 1.89 bits per heavy atom. The SMILES string of the molecule is CCN=C(NCC)N(C)Cc1ccc(OCC)cc1. The highest BCUT2D eigenvalue weighted by atomic mass is 16.5. The minimum Gasteiger partial charge on any atom is -0.494 e. The van der Waals surface area contributed by atoms with Crippen LogP contribution in [0.15, 0.2) is 29.3 Å². The molecule has 1 N–H and O–H groups in total. The summed E-state index contributed by atoms with van der Waals surface area (Å²) < 4.78 is 5.44. The lowest BCUT2D eigenvalue weighted by Gasteiger charge is -2.22. The van der Waals surface area contributed by atoms with Crippen molar-refractivity contribution in [2.45, 2.75) is 27.3 Å². The van der Waals surface area contributed by atoms with Crippen LogP contribution in [0.5, 0.6) is 5.75 Å². The van der Waals surface area contributed by atoms with E-state index in [-0.39, 0.29) is 0 Å². The van der Waals surface area contributed by atoms with Crippen LogP contribution in [0.1, 0.15) is 26.3 Å². The second-order valence-electron chi connectivity index (χ2n) is 4.26. The molecule has 4 nitrogen and oxygen atoms in total. The third kappa shape index (κ3) is 5.20. The second-order valence-corrected chi connectivity index (χ2v) is 4.26. The van der Waals surface area contributed by atoms with E-state index in [0.717, 1.165) is 31.3 Å². The van der Waals surface area contributed by atoms with Crippen molar-refractivity contribution in [3.8, 4) is 5.75 Å². The van der Waals surface area contributed by atoms with Crippen LogP contribution in [0.3, 0.4) is 0 Å². The molecule has 4 heteroatoms. The average molecular weight is 263 g/mol. The van der Waals surface area contributed by atoms with Gasteiger partial charge in [-0.1, -0.05) is 12.1 Å². The van der Waals surface area contributed by atoms with Gasteiger partial charge in [-0.3, -0.25) is 4.99 Å². The molecule has 19 heavy (non-hydrogen) atoms. The predicted octanol–water partition coefficient (Wildman–Crippen LogP) is 2.50. The molecule has 1 aromatic rings. The van der Waals surface area contributed by atoms with Gasteiger partial charge in [-0.2, -0.15) is 0 Å². The summed E-state index contributed by atoms with van der Waals surface area (Å²) in [5.74, 6) is 1.86. The summed E-state index contributed by atoms with van der Waals surface area (Å²) in [4.78, 5) is 6.59. The molecule has 106 valence electrons. The first-order chi connectivity index (χ1) is 9.21. The molecule has 0 amide bonds. The molecule has 1 rings (SSSR count). The van der Waals surface area contributed by atoms with Gasteiger partial charge in [-0.15, -0.1) is 0 Å². The van der Waals surface area contributed by atoms with Gasteiger partial charge in [0.05, 0.1) is 6.61 Å². The number of hydrogen-bond donors (Lipinski definition) is 1. The molecule has 0 saturated heterocycles. The van der Waals surface area contributed by atoms with E-state index in [4.69, 9.17) is 4.74 Å². The van der Waals surface area contributed by atoms with Gasteiger partial charge in [0.2, 0.25) is 0 Å². The van der Waals surface area contributed by atoms with Gasteiger partial charge in [-0.25, -0.2) is 0 Å². The van der Waals surface area contributed by atoms with Crippen LogP contribution in [-0.4, -0.2) is 37.6 Å². The minimum absolute atomic E-state index is 0.701. The molecule has 0 bridgehead atoms. The monoisotopic (exact) mass is 263 g/mol. The standard InChI is InChI=1S/C15H25N3O/c1-5-16-15(17-6-2)18(4)12-13-8-10-14(11-9-13)19-7-3/h8-11H,5-7,12H2,1-4H3,(H,16,17). The van der Waals surface area contributed by atoms with Crippen molar-refractivity contribution in [3.63, 3.8) is 0 Å². The number of benzene rings is 1. The molecular formula is C15H25N3O. The zero-order valence-corrected chi connectivity index (χ0v) is 12.4. The Balaban J connectivity index is 2.64. The first kappa shape index (κ1) is 15.3. The van der Waals surface area contributed by atoms with Crippen LogP contribution in [0.2, 0.25) is 0 Å². The highest BCUT2D eigenvalue weighted by molar-refractivity contribution is 5.79. The highest BCUT2D eigenvalue weighted by Gasteiger charge is 2.05. The number of rotatable bonds is 6. The summed E-state index contributed by atoms with van der Waals surface area (Å²) in [6.45, 7) is 9.32. The summed E-state index contributed by atoms with van der Waals surface area (Å²) in [6.07, 6.45) is 0. The fourth-order valence-corrected chi connectivity index (χ4v) is 1.83. The molecule has 0 spiro atoms. The molecule has 0 aliphatic heterocycles. The second kappa shape index (κ2) is 8.40. The molecule has 0 aliphatic carbocycles. The number of ether oxygens (including phenoxy) is 1. The van der Waals surface area contributed by atoms with E-state index in [1.54, 1.807) is 0 Å². The lowest BCUT2D eigenvalue weighted by atomic mass is 10.2. The van der Waals surface area contributed by atoms with E-state index in [0.29, 0.717) is 6.61 Å². The van der Waals surface area contributed by atoms with E-state index in [2.05, 4.69) is 34.3 Å². The van der Waals surface area contributed by atoms with E-state index >= 15 is 0 Å². The van der Waals surface area contributed by atoms with Gasteiger partial charge >= 0.3 is 0 Å². The normalized spacial score (nSPS) is 11.3. The van der Waals surface area contributed by atoms with Gasteiger partial charge in [0.15, 0.2) is 5.96 Å². The van der Waals surface area contributed by atoms with Crippen LogP contribution >= 0.6 is 0 Å². The summed E-state index contributed by atoms with van der Waals surface area (Å²) in [5, 5.41) is 3.29. The summed E-state index contributed by atoms with van der Waals surface area (Å²) in [5.41, 5.74) is 1.24. The fourth-order valence-electron chi connectivity index (χ4n) is 1.83. The van der Waals surface area contributed by atoms with Crippen LogP contribution in [-0.2, 0) is 6.54 Å². The van der Waals surface area contributed by atoms with Crippen LogP contribution in [0, 0.1) is 0 Å². The molecule has 1 aromatic carbocycles. The van der Waals surface area contributed by atoms with E-state index < -0.39 is 0 Å². The van der Waals surface area contributed by atoms with Crippen LogP contribution in [0.25, 0.3) is 0 Å². The largest absolute Gasteiger partial charge is 0.494 e. The number of guanidine groups is 1. The molecule has 0 aromatic heterocycles. The van der Waals surface area contributed by atoms with Crippen molar-refractivity contribution >= 4 is 5.96 Å². The van der Waals surface area contributed by atoms with E-state index in [1.165, 1.54) is 5.56 Å². The molecule has 0 unspecified atom stereocenters. The molecule has 0 aliphatic rings. The molecule has 0 heterocycles. The van der Waals surface area contributed by atoms with Crippen molar-refractivity contribution in [1.29, 1.82) is 0 Å². The van der Waals surface area contributed by atoms with E-state index in [9.17, 15) is 0 Å². The summed E-state index contributed by atoms with van der Waals surface area (Å²) in [7, 11) is 2.05. The lowest BCUT2D eigenvalue weighted by molar-refractivity contribution is 0.340. The Morgan fingerprint density at radius 3 is 2.42 bits per heavy atom. The smallest absolute Gasteiger partial charge is 0.193 e. The maximum Gasteiger partial charge on any atom is 0.193 e. The van der Waals surface area contributed by atoms with Gasteiger partial charge in [0, 0.05) is 26.7 Å². The van der Waals surface area contributed by atoms with Gasteiger partial charge in [-0.05, 0) is 38.5 Å². The maximum absolute atomic E-state index is 5.44. The van der Waals surface area contributed by atoms with Crippen molar-refractivity contribution in [1.82, 2.24) is 10.2 Å². The van der Waals surface area contributed by atoms with Crippen molar-refractivity contribution in [3.05, 3.63) is 29.8 Å². The number of hydrogen-bond acceptors (Lipinski definition) is 2. The minimum atomic E-state index is 0.701.